The van der Waals surface area contributed by atoms with Crippen LogP contribution in [0, 0.1) is 13.8 Å². The van der Waals surface area contributed by atoms with Crippen LogP contribution in [0.4, 0.5) is 5.00 Å². The molecule has 0 saturated carbocycles. The molecular weight excluding hydrogens is 406 g/mol. The van der Waals surface area contributed by atoms with Gasteiger partial charge in [0.2, 0.25) is 5.91 Å². The van der Waals surface area contributed by atoms with Gasteiger partial charge in [-0.25, -0.2) is 9.78 Å². The number of thiophene rings is 1. The fraction of sp³-hybridized carbons (Fsp3) is 0.278. The average Bonchev–Trinajstić information content (AvgIpc) is 3.13. The number of rotatable bonds is 6. The second-order valence-electron chi connectivity index (χ2n) is 5.75. The van der Waals surface area contributed by atoms with Gasteiger partial charge in [-0.2, -0.15) is 0 Å². The lowest BCUT2D eigenvalue weighted by Gasteiger charge is -2.06. The number of imidazole rings is 1. The van der Waals surface area contributed by atoms with Gasteiger partial charge in [0.25, 0.3) is 0 Å². The molecule has 142 valence electrons. The molecule has 2 N–H and O–H groups in total. The van der Waals surface area contributed by atoms with Crippen molar-refractivity contribution in [3.63, 3.8) is 0 Å². The molecule has 2 heterocycles. The first-order chi connectivity index (χ1) is 12.9. The minimum Gasteiger partial charge on any atom is -0.462 e. The number of thioether (sulfide) groups is 1. The van der Waals surface area contributed by atoms with Gasteiger partial charge in [0.05, 0.1) is 29.0 Å². The molecule has 0 aliphatic carbocycles. The van der Waals surface area contributed by atoms with Crippen LogP contribution in [0.15, 0.2) is 23.4 Å². The number of hydrogen-bond acceptors (Lipinski definition) is 6. The van der Waals surface area contributed by atoms with Crippen LogP contribution in [0.5, 0.6) is 0 Å². The number of esters is 1. The number of halogens is 1. The molecule has 6 nitrogen and oxygen atoms in total. The zero-order chi connectivity index (χ0) is 19.6. The fourth-order valence-electron chi connectivity index (χ4n) is 2.49. The molecule has 1 amide bonds. The van der Waals surface area contributed by atoms with Crippen molar-refractivity contribution in [1.82, 2.24) is 9.97 Å². The maximum atomic E-state index is 12.4. The van der Waals surface area contributed by atoms with Crippen LogP contribution >= 0.6 is 34.7 Å². The van der Waals surface area contributed by atoms with E-state index in [0.29, 0.717) is 20.7 Å². The predicted octanol–water partition coefficient (Wildman–Crippen LogP) is 4.80. The fourth-order valence-corrected chi connectivity index (χ4v) is 4.41. The number of carbonyl (C=O) groups is 2. The summed E-state index contributed by atoms with van der Waals surface area (Å²) in [6.07, 6.45) is 0. The van der Waals surface area contributed by atoms with E-state index >= 15 is 0 Å². The standard InChI is InChI=1S/C18H18ClN3O3S2/c1-4-25-17(24)15-9(2)10(3)27-16(15)22-14(23)8-26-18-20-12-6-5-11(19)7-13(12)21-18/h5-7H,4,8H2,1-3H3,(H,20,21)(H,22,23). The Hall–Kier alpha value is -2.03. The highest BCUT2D eigenvalue weighted by atomic mass is 35.5. The highest BCUT2D eigenvalue weighted by Crippen LogP contribution is 2.33. The Morgan fingerprint density at radius 3 is 2.89 bits per heavy atom. The Morgan fingerprint density at radius 2 is 2.15 bits per heavy atom. The molecule has 9 heteroatoms. The zero-order valence-corrected chi connectivity index (χ0v) is 17.4. The number of benzene rings is 1. The summed E-state index contributed by atoms with van der Waals surface area (Å²) in [7, 11) is 0. The normalized spacial score (nSPS) is 11.0. The van der Waals surface area contributed by atoms with Crippen LogP contribution in [0.3, 0.4) is 0 Å². The van der Waals surface area contributed by atoms with Crippen LogP contribution in [-0.4, -0.2) is 34.2 Å². The third-order valence-electron chi connectivity index (χ3n) is 3.88. The molecule has 0 bridgehead atoms. The number of aromatic amines is 1. The van der Waals surface area contributed by atoms with Crippen LogP contribution < -0.4 is 5.32 Å². The van der Waals surface area contributed by atoms with Crippen LogP contribution in [0.25, 0.3) is 11.0 Å². The van der Waals surface area contributed by atoms with Crippen molar-refractivity contribution >= 4 is 62.6 Å². The second kappa shape index (κ2) is 8.33. The quantitative estimate of drug-likeness (QED) is 0.439. The van der Waals surface area contributed by atoms with Crippen LogP contribution in [0.2, 0.25) is 5.02 Å². The van der Waals surface area contributed by atoms with E-state index in [2.05, 4.69) is 15.3 Å². The molecule has 27 heavy (non-hydrogen) atoms. The number of H-pyrrole nitrogens is 1. The molecular formula is C18H18ClN3O3S2. The summed E-state index contributed by atoms with van der Waals surface area (Å²) < 4.78 is 5.10. The molecule has 0 unspecified atom stereocenters. The summed E-state index contributed by atoms with van der Waals surface area (Å²) in [5, 5.41) is 4.59. The number of anilines is 1. The number of nitrogens with one attached hydrogen (secondary N) is 2. The smallest absolute Gasteiger partial charge is 0.341 e. The Labute approximate surface area is 169 Å². The topological polar surface area (TPSA) is 84.1 Å². The second-order valence-corrected chi connectivity index (χ2v) is 8.37. The third kappa shape index (κ3) is 4.45. The van der Waals surface area contributed by atoms with Crippen LogP contribution in [0.1, 0.15) is 27.7 Å². The molecule has 0 atom stereocenters. The van der Waals surface area contributed by atoms with Crippen molar-refractivity contribution in [3.05, 3.63) is 39.2 Å². The molecule has 0 aliphatic heterocycles. The van der Waals surface area contributed by atoms with E-state index in [4.69, 9.17) is 16.3 Å². The van der Waals surface area contributed by atoms with E-state index in [1.807, 2.05) is 19.9 Å². The molecule has 3 rings (SSSR count). The Kier molecular flexibility index (Phi) is 6.08. The highest BCUT2D eigenvalue weighted by Gasteiger charge is 2.22. The molecule has 0 saturated heterocycles. The van der Waals surface area contributed by atoms with E-state index in [9.17, 15) is 9.59 Å². The monoisotopic (exact) mass is 423 g/mol. The van der Waals surface area contributed by atoms with Crippen molar-refractivity contribution in [1.29, 1.82) is 0 Å². The van der Waals surface area contributed by atoms with Gasteiger partial charge in [-0.15, -0.1) is 11.3 Å². The van der Waals surface area contributed by atoms with E-state index < -0.39 is 5.97 Å². The third-order valence-corrected chi connectivity index (χ3v) is 6.11. The Bertz CT molecular complexity index is 1010. The first-order valence-electron chi connectivity index (χ1n) is 8.24. The molecule has 0 radical (unpaired) electrons. The number of fused-ring (bicyclic) bond motifs is 1. The highest BCUT2D eigenvalue weighted by molar-refractivity contribution is 7.99. The maximum absolute atomic E-state index is 12.4. The van der Waals surface area contributed by atoms with E-state index in [1.165, 1.54) is 23.1 Å². The number of amides is 1. The SMILES string of the molecule is CCOC(=O)c1c(NC(=O)CSc2nc3ccc(Cl)cc3[nH]2)sc(C)c1C. The number of nitrogens with zero attached hydrogens (tertiary/aromatic N) is 1. The summed E-state index contributed by atoms with van der Waals surface area (Å²) in [5.41, 5.74) is 2.86. The van der Waals surface area contributed by atoms with Gasteiger partial charge < -0.3 is 15.0 Å². The van der Waals surface area contributed by atoms with Crippen molar-refractivity contribution < 1.29 is 14.3 Å². The predicted molar refractivity (Wildman–Crippen MR) is 110 cm³/mol. The minimum absolute atomic E-state index is 0.159. The number of ether oxygens (including phenoxy) is 1. The summed E-state index contributed by atoms with van der Waals surface area (Å²) >= 11 is 8.62. The summed E-state index contributed by atoms with van der Waals surface area (Å²) in [6.45, 7) is 5.79. The van der Waals surface area contributed by atoms with Gasteiger partial charge in [-0.1, -0.05) is 23.4 Å². The van der Waals surface area contributed by atoms with Gasteiger partial charge in [-0.05, 0) is 44.5 Å². The van der Waals surface area contributed by atoms with Crippen molar-refractivity contribution in [2.45, 2.75) is 25.9 Å². The number of aryl methyl sites for hydroxylation is 1. The van der Waals surface area contributed by atoms with Crippen molar-refractivity contribution in [3.8, 4) is 0 Å². The minimum atomic E-state index is -0.420. The van der Waals surface area contributed by atoms with Crippen molar-refractivity contribution in [2.24, 2.45) is 0 Å². The van der Waals surface area contributed by atoms with Gasteiger partial charge in [-0.3, -0.25) is 4.79 Å². The first kappa shape index (κ1) is 19.7. The molecule has 0 aliphatic rings. The van der Waals surface area contributed by atoms with E-state index in [-0.39, 0.29) is 18.3 Å². The molecule has 2 aromatic heterocycles. The molecule has 0 fully saturated rings. The van der Waals surface area contributed by atoms with Gasteiger partial charge in [0.15, 0.2) is 5.16 Å². The summed E-state index contributed by atoms with van der Waals surface area (Å²) in [4.78, 5) is 33.1. The van der Waals surface area contributed by atoms with Gasteiger partial charge in [0, 0.05) is 9.90 Å². The molecule has 1 aromatic carbocycles. The lowest BCUT2D eigenvalue weighted by Crippen LogP contribution is -2.16. The maximum Gasteiger partial charge on any atom is 0.341 e. The average molecular weight is 424 g/mol. The summed E-state index contributed by atoms with van der Waals surface area (Å²) in [6, 6.07) is 5.38. The number of hydrogen-bond donors (Lipinski definition) is 2. The Morgan fingerprint density at radius 1 is 1.37 bits per heavy atom. The van der Waals surface area contributed by atoms with Gasteiger partial charge >= 0.3 is 5.97 Å². The van der Waals surface area contributed by atoms with E-state index in [0.717, 1.165) is 21.5 Å². The van der Waals surface area contributed by atoms with Gasteiger partial charge in [0.1, 0.15) is 5.00 Å². The first-order valence-corrected chi connectivity index (χ1v) is 10.4. The number of carbonyl (C=O) groups excluding carboxylic acids is 2. The molecule has 3 aromatic rings. The van der Waals surface area contributed by atoms with E-state index in [1.54, 1.807) is 19.1 Å². The lowest BCUT2D eigenvalue weighted by atomic mass is 10.1. The lowest BCUT2D eigenvalue weighted by molar-refractivity contribution is -0.113. The number of aromatic nitrogens is 2. The summed E-state index contributed by atoms with van der Waals surface area (Å²) in [5.74, 6) is -0.479. The van der Waals surface area contributed by atoms with Crippen LogP contribution in [-0.2, 0) is 9.53 Å². The van der Waals surface area contributed by atoms with Crippen molar-refractivity contribution in [2.75, 3.05) is 17.7 Å². The zero-order valence-electron chi connectivity index (χ0n) is 15.0. The Balaban J connectivity index is 1.68. The molecule has 0 spiro atoms. The largest absolute Gasteiger partial charge is 0.462 e.